The average molecular weight is 309 g/mol. The average Bonchev–Trinajstić information content (AvgIpc) is 2.74. The number of carbonyl (C=O) groups excluding carboxylic acids is 1. The number of nitriles is 1. The standard InChI is InChI=1S/C17H15N3OS/c1-11-12(2)22-17-15(11)16(13-6-4-3-5-7-13)19-10-14(21)20(17)9-8-18/h3-7H,9-10H2,1-2H3. The molecule has 4 nitrogen and oxygen atoms in total. The smallest absolute Gasteiger partial charge is 0.250 e. The minimum Gasteiger partial charge on any atom is -0.288 e. The zero-order valence-corrected chi connectivity index (χ0v) is 13.3. The highest BCUT2D eigenvalue weighted by Crippen LogP contribution is 2.38. The third-order valence-corrected chi connectivity index (χ3v) is 5.03. The molecule has 1 aromatic heterocycles. The Morgan fingerprint density at radius 3 is 2.73 bits per heavy atom. The number of nitrogens with zero attached hydrogens (tertiary/aromatic N) is 3. The lowest BCUT2D eigenvalue weighted by molar-refractivity contribution is -0.117. The second-order valence-electron chi connectivity index (χ2n) is 5.13. The summed E-state index contributed by atoms with van der Waals surface area (Å²) in [6, 6.07) is 12.0. The van der Waals surface area contributed by atoms with E-state index in [4.69, 9.17) is 5.26 Å². The van der Waals surface area contributed by atoms with E-state index in [-0.39, 0.29) is 19.0 Å². The van der Waals surface area contributed by atoms with Gasteiger partial charge in [0, 0.05) is 16.0 Å². The molecular formula is C17H15N3OS. The van der Waals surface area contributed by atoms with Crippen LogP contribution in [0.3, 0.4) is 0 Å². The Labute approximate surface area is 133 Å². The highest BCUT2D eigenvalue weighted by Gasteiger charge is 2.29. The van der Waals surface area contributed by atoms with Crippen molar-refractivity contribution in [1.82, 2.24) is 0 Å². The number of fused-ring (bicyclic) bond motifs is 1. The molecule has 0 aliphatic carbocycles. The predicted molar refractivity (Wildman–Crippen MR) is 88.7 cm³/mol. The third-order valence-electron chi connectivity index (χ3n) is 3.80. The lowest BCUT2D eigenvalue weighted by Crippen LogP contribution is -2.32. The molecule has 0 N–H and O–H groups in total. The summed E-state index contributed by atoms with van der Waals surface area (Å²) in [7, 11) is 0. The quantitative estimate of drug-likeness (QED) is 0.801. The second kappa shape index (κ2) is 5.74. The van der Waals surface area contributed by atoms with E-state index >= 15 is 0 Å². The van der Waals surface area contributed by atoms with Gasteiger partial charge in [-0.2, -0.15) is 5.26 Å². The Bertz CT molecular complexity index is 799. The number of anilines is 1. The minimum atomic E-state index is -0.130. The van der Waals surface area contributed by atoms with Gasteiger partial charge in [0.25, 0.3) is 0 Å². The van der Waals surface area contributed by atoms with Gasteiger partial charge < -0.3 is 0 Å². The summed E-state index contributed by atoms with van der Waals surface area (Å²) in [5, 5.41) is 9.87. The van der Waals surface area contributed by atoms with Crippen molar-refractivity contribution < 1.29 is 4.79 Å². The molecule has 1 aliphatic rings. The van der Waals surface area contributed by atoms with Crippen LogP contribution in [0.2, 0.25) is 0 Å². The fourth-order valence-electron chi connectivity index (χ4n) is 2.56. The molecule has 1 aliphatic heterocycles. The Morgan fingerprint density at radius 2 is 2.05 bits per heavy atom. The van der Waals surface area contributed by atoms with Gasteiger partial charge >= 0.3 is 0 Å². The molecule has 22 heavy (non-hydrogen) atoms. The van der Waals surface area contributed by atoms with Gasteiger partial charge in [0.1, 0.15) is 18.1 Å². The first-order chi connectivity index (χ1) is 10.6. The molecule has 0 atom stereocenters. The number of amides is 1. The van der Waals surface area contributed by atoms with Crippen molar-refractivity contribution in [1.29, 1.82) is 5.26 Å². The molecule has 110 valence electrons. The van der Waals surface area contributed by atoms with Crippen molar-refractivity contribution in [2.45, 2.75) is 13.8 Å². The van der Waals surface area contributed by atoms with Gasteiger partial charge in [0.15, 0.2) is 0 Å². The zero-order valence-electron chi connectivity index (χ0n) is 12.5. The number of carbonyl (C=O) groups is 1. The van der Waals surface area contributed by atoms with E-state index < -0.39 is 0 Å². The number of thiophene rings is 1. The number of aryl methyl sites for hydroxylation is 1. The largest absolute Gasteiger partial charge is 0.288 e. The molecule has 0 bridgehead atoms. The van der Waals surface area contributed by atoms with Crippen LogP contribution in [-0.4, -0.2) is 24.7 Å². The van der Waals surface area contributed by atoms with Crippen molar-refractivity contribution in [2.24, 2.45) is 4.99 Å². The van der Waals surface area contributed by atoms with E-state index in [1.807, 2.05) is 44.2 Å². The van der Waals surface area contributed by atoms with Gasteiger partial charge in [-0.15, -0.1) is 11.3 Å². The topological polar surface area (TPSA) is 56.5 Å². The lowest BCUT2D eigenvalue weighted by atomic mass is 10.00. The first-order valence-corrected chi connectivity index (χ1v) is 7.82. The van der Waals surface area contributed by atoms with Crippen LogP contribution in [-0.2, 0) is 4.79 Å². The second-order valence-corrected chi connectivity index (χ2v) is 6.34. The number of aliphatic imine (C=N–C) groups is 1. The van der Waals surface area contributed by atoms with Crippen molar-refractivity contribution in [2.75, 3.05) is 18.0 Å². The molecule has 0 unspecified atom stereocenters. The van der Waals surface area contributed by atoms with Crippen molar-refractivity contribution in [3.8, 4) is 6.07 Å². The summed E-state index contributed by atoms with van der Waals surface area (Å²) < 4.78 is 0. The highest BCUT2D eigenvalue weighted by molar-refractivity contribution is 7.17. The van der Waals surface area contributed by atoms with E-state index in [0.717, 1.165) is 32.3 Å². The number of rotatable bonds is 2. The van der Waals surface area contributed by atoms with Crippen molar-refractivity contribution in [3.63, 3.8) is 0 Å². The number of hydrogen-bond acceptors (Lipinski definition) is 4. The van der Waals surface area contributed by atoms with Gasteiger partial charge in [0.05, 0.1) is 11.8 Å². The molecule has 5 heteroatoms. The van der Waals surface area contributed by atoms with Crippen LogP contribution in [0, 0.1) is 25.2 Å². The Kier molecular flexibility index (Phi) is 3.78. The normalized spacial score (nSPS) is 14.1. The van der Waals surface area contributed by atoms with Crippen LogP contribution in [0.4, 0.5) is 5.00 Å². The maximum atomic E-state index is 12.3. The van der Waals surface area contributed by atoms with Crippen LogP contribution >= 0.6 is 11.3 Å². The fraction of sp³-hybridized carbons (Fsp3) is 0.235. The minimum absolute atomic E-state index is 0.0583. The first kappa shape index (κ1) is 14.5. The molecular weight excluding hydrogens is 294 g/mol. The predicted octanol–water partition coefficient (Wildman–Crippen LogP) is 3.07. The Hall–Kier alpha value is -2.45. The van der Waals surface area contributed by atoms with Crippen molar-refractivity contribution in [3.05, 3.63) is 51.9 Å². The fourth-order valence-corrected chi connectivity index (χ4v) is 3.74. The van der Waals surface area contributed by atoms with Gasteiger partial charge in [-0.25, -0.2) is 0 Å². The van der Waals surface area contributed by atoms with E-state index in [2.05, 4.69) is 11.1 Å². The van der Waals surface area contributed by atoms with Crippen LogP contribution < -0.4 is 4.90 Å². The van der Waals surface area contributed by atoms with Crippen LogP contribution in [0.5, 0.6) is 0 Å². The van der Waals surface area contributed by atoms with E-state index in [1.54, 1.807) is 16.2 Å². The Balaban J connectivity index is 2.24. The number of hydrogen-bond donors (Lipinski definition) is 0. The zero-order chi connectivity index (χ0) is 15.7. The third kappa shape index (κ3) is 2.32. The number of benzene rings is 1. The highest BCUT2D eigenvalue weighted by atomic mass is 32.1. The van der Waals surface area contributed by atoms with E-state index in [9.17, 15) is 4.79 Å². The van der Waals surface area contributed by atoms with Gasteiger partial charge in [-0.1, -0.05) is 30.3 Å². The molecule has 0 radical (unpaired) electrons. The lowest BCUT2D eigenvalue weighted by Gasteiger charge is -2.16. The molecule has 0 fully saturated rings. The molecule has 3 rings (SSSR count). The van der Waals surface area contributed by atoms with Gasteiger partial charge in [0.2, 0.25) is 5.91 Å². The monoisotopic (exact) mass is 309 g/mol. The van der Waals surface area contributed by atoms with Crippen LogP contribution in [0.25, 0.3) is 0 Å². The first-order valence-electron chi connectivity index (χ1n) is 7.01. The van der Waals surface area contributed by atoms with E-state index in [1.165, 1.54) is 0 Å². The van der Waals surface area contributed by atoms with Crippen molar-refractivity contribution >= 4 is 28.0 Å². The summed E-state index contributed by atoms with van der Waals surface area (Å²) in [5.41, 5.74) is 3.94. The maximum Gasteiger partial charge on any atom is 0.250 e. The summed E-state index contributed by atoms with van der Waals surface area (Å²) in [4.78, 5) is 19.6. The molecule has 0 spiro atoms. The van der Waals surface area contributed by atoms with E-state index in [0.29, 0.717) is 0 Å². The van der Waals surface area contributed by atoms with Gasteiger partial charge in [-0.3, -0.25) is 14.7 Å². The summed E-state index contributed by atoms with van der Waals surface area (Å²) in [6.45, 7) is 4.21. The summed E-state index contributed by atoms with van der Waals surface area (Å²) in [6.07, 6.45) is 0. The molecule has 2 aromatic rings. The molecule has 0 saturated carbocycles. The SMILES string of the molecule is Cc1sc2c(c1C)C(c1ccccc1)=NCC(=O)N2CC#N. The molecule has 1 aromatic carbocycles. The summed E-state index contributed by atoms with van der Waals surface area (Å²) in [5.74, 6) is -0.130. The molecule has 1 amide bonds. The molecule has 2 heterocycles. The summed E-state index contributed by atoms with van der Waals surface area (Å²) >= 11 is 1.55. The van der Waals surface area contributed by atoms with Crippen LogP contribution in [0.15, 0.2) is 35.3 Å². The Morgan fingerprint density at radius 1 is 1.32 bits per heavy atom. The van der Waals surface area contributed by atoms with Gasteiger partial charge in [-0.05, 0) is 19.4 Å². The molecule has 0 saturated heterocycles. The van der Waals surface area contributed by atoms with Crippen LogP contribution in [0.1, 0.15) is 21.6 Å². The maximum absolute atomic E-state index is 12.3.